The molecule has 1 aromatic rings. The molecule has 104 valence electrons. The van der Waals surface area contributed by atoms with Crippen LogP contribution in [-0.2, 0) is 11.3 Å². The second-order valence-corrected chi connectivity index (χ2v) is 4.50. The minimum Gasteiger partial charge on any atom is -0.378 e. The average Bonchev–Trinajstić information content (AvgIpc) is 2.30. The number of hydrogen-bond donors (Lipinski definition) is 1. The molecule has 1 fully saturated rings. The number of ether oxygens (including phenoxy) is 1. The standard InChI is InChI=1S/C12H17ClN2O.2ClH/c13-11-3-1-2-10(6-11)8-15-4-5-16-9-12(15)7-14;;/h1-3,6,12H,4-5,7-9,14H2;2*1H. The lowest BCUT2D eigenvalue weighted by atomic mass is 10.1. The van der Waals surface area contributed by atoms with Crippen molar-refractivity contribution in [2.45, 2.75) is 12.6 Å². The Morgan fingerprint density at radius 1 is 1.39 bits per heavy atom. The second kappa shape index (κ2) is 8.97. The van der Waals surface area contributed by atoms with Crippen molar-refractivity contribution in [1.29, 1.82) is 0 Å². The highest BCUT2D eigenvalue weighted by atomic mass is 35.5. The van der Waals surface area contributed by atoms with Crippen molar-refractivity contribution >= 4 is 36.4 Å². The summed E-state index contributed by atoms with van der Waals surface area (Å²) in [5.41, 5.74) is 6.96. The fourth-order valence-corrected chi connectivity index (χ4v) is 2.20. The lowest BCUT2D eigenvalue weighted by Crippen LogP contribution is -2.48. The van der Waals surface area contributed by atoms with Gasteiger partial charge in [0.2, 0.25) is 0 Å². The molecule has 1 aliphatic heterocycles. The highest BCUT2D eigenvalue weighted by molar-refractivity contribution is 6.30. The summed E-state index contributed by atoms with van der Waals surface area (Å²) in [5, 5.41) is 0.787. The Bertz CT molecular complexity index is 352. The number of hydrogen-bond acceptors (Lipinski definition) is 3. The zero-order valence-electron chi connectivity index (χ0n) is 10.0. The Balaban J connectivity index is 0.00000144. The first kappa shape index (κ1) is 18.0. The topological polar surface area (TPSA) is 38.5 Å². The lowest BCUT2D eigenvalue weighted by Gasteiger charge is -2.34. The lowest BCUT2D eigenvalue weighted by molar-refractivity contribution is -0.00792. The largest absolute Gasteiger partial charge is 0.378 e. The number of halogens is 3. The van der Waals surface area contributed by atoms with Crippen molar-refractivity contribution in [2.75, 3.05) is 26.3 Å². The van der Waals surface area contributed by atoms with Crippen molar-refractivity contribution in [3.8, 4) is 0 Å². The van der Waals surface area contributed by atoms with Crippen LogP contribution in [0, 0.1) is 0 Å². The van der Waals surface area contributed by atoms with Gasteiger partial charge in [-0.2, -0.15) is 0 Å². The molecule has 1 aromatic carbocycles. The van der Waals surface area contributed by atoms with Gasteiger partial charge in [-0.05, 0) is 17.7 Å². The number of nitrogens with two attached hydrogens (primary N) is 1. The minimum atomic E-state index is 0. The molecule has 0 aromatic heterocycles. The Morgan fingerprint density at radius 2 is 2.17 bits per heavy atom. The summed E-state index contributed by atoms with van der Waals surface area (Å²) < 4.78 is 5.42. The van der Waals surface area contributed by atoms with Gasteiger partial charge in [-0.25, -0.2) is 0 Å². The third kappa shape index (κ3) is 4.92. The summed E-state index contributed by atoms with van der Waals surface area (Å²) in [4.78, 5) is 2.36. The Morgan fingerprint density at radius 3 is 2.83 bits per heavy atom. The van der Waals surface area contributed by atoms with E-state index in [1.165, 1.54) is 5.56 Å². The van der Waals surface area contributed by atoms with E-state index in [-0.39, 0.29) is 24.8 Å². The summed E-state index contributed by atoms with van der Waals surface area (Å²) in [6.45, 7) is 3.99. The predicted octanol–water partition coefficient (Wildman–Crippen LogP) is 2.34. The zero-order chi connectivity index (χ0) is 11.4. The van der Waals surface area contributed by atoms with Crippen LogP contribution >= 0.6 is 36.4 Å². The number of morpholine rings is 1. The molecule has 0 saturated carbocycles. The van der Waals surface area contributed by atoms with Crippen molar-refractivity contribution in [2.24, 2.45) is 5.73 Å². The van der Waals surface area contributed by atoms with Crippen LogP contribution in [0.3, 0.4) is 0 Å². The summed E-state index contributed by atoms with van der Waals surface area (Å²) in [6, 6.07) is 8.30. The second-order valence-electron chi connectivity index (χ2n) is 4.06. The summed E-state index contributed by atoms with van der Waals surface area (Å²) in [7, 11) is 0. The Labute approximate surface area is 125 Å². The van der Waals surface area contributed by atoms with E-state index in [9.17, 15) is 0 Å². The van der Waals surface area contributed by atoms with Crippen LogP contribution in [0.5, 0.6) is 0 Å². The monoisotopic (exact) mass is 312 g/mol. The summed E-state index contributed by atoms with van der Waals surface area (Å²) in [5.74, 6) is 0. The van der Waals surface area contributed by atoms with Crippen molar-refractivity contribution < 1.29 is 4.74 Å². The predicted molar refractivity (Wildman–Crippen MR) is 80.0 cm³/mol. The molecule has 0 spiro atoms. The Hall–Kier alpha value is -0.0300. The van der Waals surface area contributed by atoms with Gasteiger partial charge in [0.25, 0.3) is 0 Å². The first-order valence-electron chi connectivity index (χ1n) is 5.56. The van der Waals surface area contributed by atoms with E-state index >= 15 is 0 Å². The van der Waals surface area contributed by atoms with Gasteiger partial charge in [0.05, 0.1) is 13.2 Å². The third-order valence-corrected chi connectivity index (χ3v) is 3.13. The first-order chi connectivity index (χ1) is 7.79. The molecule has 2 N–H and O–H groups in total. The quantitative estimate of drug-likeness (QED) is 0.931. The summed E-state index contributed by atoms with van der Waals surface area (Å²) in [6.07, 6.45) is 0. The van der Waals surface area contributed by atoms with Crippen molar-refractivity contribution in [3.05, 3.63) is 34.9 Å². The van der Waals surface area contributed by atoms with Gasteiger partial charge in [-0.1, -0.05) is 23.7 Å². The molecule has 6 heteroatoms. The first-order valence-corrected chi connectivity index (χ1v) is 5.93. The fourth-order valence-electron chi connectivity index (χ4n) is 1.98. The van der Waals surface area contributed by atoms with Gasteiger partial charge in [0.15, 0.2) is 0 Å². The van der Waals surface area contributed by atoms with Crippen LogP contribution in [0.1, 0.15) is 5.56 Å². The molecule has 2 rings (SSSR count). The average molecular weight is 314 g/mol. The molecular formula is C12H19Cl3N2O. The third-order valence-electron chi connectivity index (χ3n) is 2.90. The van der Waals surface area contributed by atoms with Gasteiger partial charge in [0.1, 0.15) is 0 Å². The highest BCUT2D eigenvalue weighted by Gasteiger charge is 2.21. The molecular weight excluding hydrogens is 295 g/mol. The van der Waals surface area contributed by atoms with E-state index in [1.807, 2.05) is 18.2 Å². The van der Waals surface area contributed by atoms with Crippen molar-refractivity contribution in [3.63, 3.8) is 0 Å². The van der Waals surface area contributed by atoms with Gasteiger partial charge < -0.3 is 10.5 Å². The molecule has 0 radical (unpaired) electrons. The Kier molecular flexibility index (Phi) is 8.95. The number of rotatable bonds is 3. The molecule has 1 aliphatic rings. The smallest absolute Gasteiger partial charge is 0.0634 e. The van der Waals surface area contributed by atoms with Crippen LogP contribution in [0.15, 0.2) is 24.3 Å². The molecule has 1 heterocycles. The molecule has 1 saturated heterocycles. The number of nitrogens with zero attached hydrogens (tertiary/aromatic N) is 1. The van der Waals surface area contributed by atoms with Gasteiger partial charge >= 0.3 is 0 Å². The van der Waals surface area contributed by atoms with Crippen LogP contribution in [0.4, 0.5) is 0 Å². The van der Waals surface area contributed by atoms with E-state index in [1.54, 1.807) is 0 Å². The van der Waals surface area contributed by atoms with Crippen LogP contribution in [0.2, 0.25) is 5.02 Å². The van der Waals surface area contributed by atoms with Crippen molar-refractivity contribution in [1.82, 2.24) is 4.90 Å². The molecule has 0 amide bonds. The van der Waals surface area contributed by atoms with Gasteiger partial charge in [0, 0.05) is 30.7 Å². The molecule has 0 aliphatic carbocycles. The zero-order valence-corrected chi connectivity index (χ0v) is 12.4. The van der Waals surface area contributed by atoms with Gasteiger partial charge in [-0.15, -0.1) is 24.8 Å². The molecule has 1 atom stereocenters. The van der Waals surface area contributed by atoms with Gasteiger partial charge in [-0.3, -0.25) is 4.90 Å². The van der Waals surface area contributed by atoms with E-state index in [2.05, 4.69) is 11.0 Å². The molecule has 18 heavy (non-hydrogen) atoms. The van der Waals surface area contributed by atoms with E-state index in [0.29, 0.717) is 12.6 Å². The number of benzene rings is 1. The maximum Gasteiger partial charge on any atom is 0.0634 e. The minimum absolute atomic E-state index is 0. The van der Waals surface area contributed by atoms with E-state index < -0.39 is 0 Å². The fraction of sp³-hybridized carbons (Fsp3) is 0.500. The van der Waals surface area contributed by atoms with Crippen LogP contribution in [0.25, 0.3) is 0 Å². The SMILES string of the molecule is Cl.Cl.NCC1COCCN1Cc1cccc(Cl)c1. The summed E-state index contributed by atoms with van der Waals surface area (Å²) >= 11 is 5.96. The molecule has 3 nitrogen and oxygen atoms in total. The maximum atomic E-state index is 5.96. The molecule has 1 unspecified atom stereocenters. The van der Waals surface area contributed by atoms with E-state index in [4.69, 9.17) is 22.1 Å². The highest BCUT2D eigenvalue weighted by Crippen LogP contribution is 2.15. The normalized spacial score (nSPS) is 19.8. The van der Waals surface area contributed by atoms with Crippen LogP contribution in [-0.4, -0.2) is 37.2 Å². The van der Waals surface area contributed by atoms with E-state index in [0.717, 1.165) is 31.3 Å². The maximum absolute atomic E-state index is 5.96. The van der Waals surface area contributed by atoms with Crippen LogP contribution < -0.4 is 5.73 Å². The molecule has 0 bridgehead atoms.